The fourth-order valence-electron chi connectivity index (χ4n) is 5.19. The number of hydrogen-bond donors (Lipinski definition) is 3. The molecule has 0 bridgehead atoms. The minimum atomic E-state index is -1.19. The van der Waals surface area contributed by atoms with Crippen LogP contribution in [0.2, 0.25) is 0 Å². The molecule has 2 aromatic carbocycles. The molecule has 1 aromatic heterocycles. The van der Waals surface area contributed by atoms with Gasteiger partial charge >= 0.3 is 0 Å². The van der Waals surface area contributed by atoms with Crippen molar-refractivity contribution in [1.82, 2.24) is 19.8 Å². The molecule has 246 valence electrons. The van der Waals surface area contributed by atoms with Crippen molar-refractivity contribution in [2.24, 2.45) is 17.6 Å². The summed E-state index contributed by atoms with van der Waals surface area (Å²) in [5.41, 5.74) is 6.55. The Hall–Kier alpha value is -3.44. The second-order valence-electron chi connectivity index (χ2n) is 12.2. The lowest BCUT2D eigenvalue weighted by atomic mass is 9.86. The van der Waals surface area contributed by atoms with E-state index in [1.165, 1.54) is 0 Å². The van der Waals surface area contributed by atoms with Gasteiger partial charge < -0.3 is 30.6 Å². The number of imidazole rings is 1. The Kier molecular flexibility index (Phi) is 14.5. The predicted octanol–water partition coefficient (Wildman–Crippen LogP) is 4.59. The molecule has 1 unspecified atom stereocenters. The molecule has 1 aliphatic heterocycles. The topological polar surface area (TPSA) is 132 Å². The second-order valence-corrected chi connectivity index (χ2v) is 12.2. The van der Waals surface area contributed by atoms with Crippen molar-refractivity contribution in [2.45, 2.75) is 64.8 Å². The molecule has 0 radical (unpaired) electrons. The van der Waals surface area contributed by atoms with E-state index in [-0.39, 0.29) is 49.8 Å². The Morgan fingerprint density at radius 2 is 1.60 bits per heavy atom. The molecule has 12 heteroatoms. The number of halogens is 2. The number of likely N-dealkylation sites (tertiary alicyclic amines) is 1. The average Bonchev–Trinajstić information content (AvgIpc) is 3.44. The highest BCUT2D eigenvalue weighted by Crippen LogP contribution is 2.28. The number of benzene rings is 2. The molecule has 3 amide bonds. The molecule has 4 N–H and O–H groups in total. The summed E-state index contributed by atoms with van der Waals surface area (Å²) in [5, 5.41) is 5.47. The predicted molar refractivity (Wildman–Crippen MR) is 180 cm³/mol. The van der Waals surface area contributed by atoms with Crippen molar-refractivity contribution in [1.29, 1.82) is 0 Å². The molecule has 2 atom stereocenters. The quantitative estimate of drug-likeness (QED) is 0.260. The number of nitrogens with two attached hydrogens (primary N) is 1. The molecule has 1 fully saturated rings. The lowest BCUT2D eigenvalue weighted by Crippen LogP contribution is -2.56. The SMILES string of the molecule is CC(C)C1CCN(C(=O)C(c2ccccc2)n2cnc(NC(=O)[C@@H](COCc3ccccc3)NC(=O)C(C)(C)N)c2)CC1.Cl.Cl. The first-order valence-electron chi connectivity index (χ1n) is 14.9. The Morgan fingerprint density at radius 1 is 1.00 bits per heavy atom. The summed E-state index contributed by atoms with van der Waals surface area (Å²) in [4.78, 5) is 46.2. The summed E-state index contributed by atoms with van der Waals surface area (Å²) in [5.74, 6) is 0.464. The third-order valence-corrected chi connectivity index (χ3v) is 7.90. The zero-order chi connectivity index (χ0) is 31.0. The van der Waals surface area contributed by atoms with Crippen LogP contribution in [0.5, 0.6) is 0 Å². The van der Waals surface area contributed by atoms with Gasteiger partial charge in [-0.15, -0.1) is 24.8 Å². The molecule has 1 aliphatic rings. The number of aromatic nitrogens is 2. The van der Waals surface area contributed by atoms with Crippen molar-refractivity contribution >= 4 is 48.4 Å². The Morgan fingerprint density at radius 3 is 2.18 bits per heavy atom. The van der Waals surface area contributed by atoms with E-state index < -0.39 is 29.4 Å². The van der Waals surface area contributed by atoms with E-state index in [0.29, 0.717) is 24.9 Å². The van der Waals surface area contributed by atoms with Crippen LogP contribution in [-0.2, 0) is 25.7 Å². The smallest absolute Gasteiger partial charge is 0.250 e. The summed E-state index contributed by atoms with van der Waals surface area (Å²) in [6, 6.07) is 17.5. The van der Waals surface area contributed by atoms with Crippen LogP contribution in [0.25, 0.3) is 0 Å². The molecule has 1 saturated heterocycles. The monoisotopic (exact) mass is 660 g/mol. The highest BCUT2D eigenvalue weighted by molar-refractivity contribution is 5.98. The lowest BCUT2D eigenvalue weighted by Gasteiger charge is -2.36. The molecule has 2 heterocycles. The Labute approximate surface area is 278 Å². The first kappa shape index (κ1) is 37.7. The first-order valence-corrected chi connectivity index (χ1v) is 14.9. The van der Waals surface area contributed by atoms with E-state index in [1.807, 2.05) is 65.6 Å². The maximum absolute atomic E-state index is 13.9. The van der Waals surface area contributed by atoms with E-state index in [1.54, 1.807) is 30.9 Å². The third-order valence-electron chi connectivity index (χ3n) is 7.90. The summed E-state index contributed by atoms with van der Waals surface area (Å²) >= 11 is 0. The van der Waals surface area contributed by atoms with Gasteiger partial charge in [-0.2, -0.15) is 0 Å². The molecule has 45 heavy (non-hydrogen) atoms. The van der Waals surface area contributed by atoms with Gasteiger partial charge in [-0.05, 0) is 49.7 Å². The molecule has 0 spiro atoms. The standard InChI is InChI=1S/C33H44N6O4.2ClH/c1-23(2)25-15-17-38(18-16-25)31(41)29(26-13-9-6-10-14-26)39-19-28(35-22-39)37-30(40)27(36-32(42)33(3,4)34)21-43-20-24-11-7-5-8-12-24;;/h5-14,19,22-23,25,27,29H,15-18,20-21,34H2,1-4H3,(H,36,42)(H,37,40);2*1H/t27-,29?;;/m1../s1. The van der Waals surface area contributed by atoms with Crippen molar-refractivity contribution < 1.29 is 19.1 Å². The number of hydrogen-bond acceptors (Lipinski definition) is 6. The van der Waals surface area contributed by atoms with Gasteiger partial charge in [-0.25, -0.2) is 4.98 Å². The molecule has 3 aromatic rings. The lowest BCUT2D eigenvalue weighted by molar-refractivity contribution is -0.135. The third kappa shape index (κ3) is 10.6. The number of carbonyl (C=O) groups is 3. The van der Waals surface area contributed by atoms with Gasteiger partial charge in [-0.3, -0.25) is 14.4 Å². The van der Waals surface area contributed by atoms with Gasteiger partial charge in [0.2, 0.25) is 11.8 Å². The average molecular weight is 662 g/mol. The Bertz CT molecular complexity index is 1360. The highest BCUT2D eigenvalue weighted by Gasteiger charge is 2.32. The fourth-order valence-corrected chi connectivity index (χ4v) is 5.19. The van der Waals surface area contributed by atoms with E-state index in [0.717, 1.165) is 24.0 Å². The van der Waals surface area contributed by atoms with E-state index in [2.05, 4.69) is 29.5 Å². The molecule has 0 aliphatic carbocycles. The number of amides is 3. The van der Waals surface area contributed by atoms with Gasteiger partial charge in [0.15, 0.2) is 5.82 Å². The Balaban J connectivity index is 0.00000353. The number of piperidine rings is 1. The van der Waals surface area contributed by atoms with Gasteiger partial charge in [0.25, 0.3) is 5.91 Å². The summed E-state index contributed by atoms with van der Waals surface area (Å²) in [7, 11) is 0. The van der Waals surface area contributed by atoms with Crippen LogP contribution < -0.4 is 16.4 Å². The highest BCUT2D eigenvalue weighted by atomic mass is 35.5. The van der Waals surface area contributed by atoms with Crippen LogP contribution in [-0.4, -0.2) is 63.4 Å². The van der Waals surface area contributed by atoms with Crippen LogP contribution in [0.15, 0.2) is 73.2 Å². The molecule has 10 nitrogen and oxygen atoms in total. The number of ether oxygens (including phenoxy) is 1. The largest absolute Gasteiger partial charge is 0.374 e. The fraction of sp³-hybridized carbons (Fsp3) is 0.455. The van der Waals surface area contributed by atoms with Crippen LogP contribution in [0.1, 0.15) is 57.7 Å². The van der Waals surface area contributed by atoms with Gasteiger partial charge in [-0.1, -0.05) is 74.5 Å². The van der Waals surface area contributed by atoms with Gasteiger partial charge in [0.05, 0.1) is 25.1 Å². The van der Waals surface area contributed by atoms with E-state index >= 15 is 0 Å². The van der Waals surface area contributed by atoms with Crippen LogP contribution in [0.4, 0.5) is 5.82 Å². The van der Waals surface area contributed by atoms with E-state index in [4.69, 9.17) is 10.5 Å². The van der Waals surface area contributed by atoms with E-state index in [9.17, 15) is 14.4 Å². The van der Waals surface area contributed by atoms with Gasteiger partial charge in [0.1, 0.15) is 12.1 Å². The molecule has 4 rings (SSSR count). The maximum Gasteiger partial charge on any atom is 0.250 e. The zero-order valence-electron chi connectivity index (χ0n) is 26.3. The minimum Gasteiger partial charge on any atom is -0.374 e. The minimum absolute atomic E-state index is 0. The van der Waals surface area contributed by atoms with Crippen molar-refractivity contribution in [3.63, 3.8) is 0 Å². The zero-order valence-corrected chi connectivity index (χ0v) is 28.0. The first-order chi connectivity index (χ1) is 20.5. The molecular formula is C33H46Cl2N6O4. The van der Waals surface area contributed by atoms with Crippen molar-refractivity contribution in [3.8, 4) is 0 Å². The second kappa shape index (κ2) is 17.3. The van der Waals surface area contributed by atoms with Crippen molar-refractivity contribution in [2.75, 3.05) is 25.0 Å². The number of carbonyl (C=O) groups excluding carboxylic acids is 3. The summed E-state index contributed by atoms with van der Waals surface area (Å²) in [6.07, 6.45) is 5.16. The summed E-state index contributed by atoms with van der Waals surface area (Å²) < 4.78 is 7.51. The summed E-state index contributed by atoms with van der Waals surface area (Å²) in [6.45, 7) is 9.23. The number of nitrogens with zero attached hydrogens (tertiary/aromatic N) is 3. The maximum atomic E-state index is 13.9. The molecule has 0 saturated carbocycles. The van der Waals surface area contributed by atoms with Crippen LogP contribution in [0.3, 0.4) is 0 Å². The van der Waals surface area contributed by atoms with Gasteiger partial charge in [0, 0.05) is 19.3 Å². The number of nitrogens with one attached hydrogen (secondary N) is 2. The number of rotatable bonds is 12. The van der Waals surface area contributed by atoms with Crippen molar-refractivity contribution in [3.05, 3.63) is 84.3 Å². The van der Waals surface area contributed by atoms with Crippen LogP contribution >= 0.6 is 24.8 Å². The normalized spacial score (nSPS) is 14.9. The van der Waals surface area contributed by atoms with Crippen LogP contribution in [0, 0.1) is 11.8 Å². The number of anilines is 1. The molecular weight excluding hydrogens is 615 g/mol.